The van der Waals surface area contributed by atoms with Gasteiger partial charge in [0.2, 0.25) is 5.91 Å². The molecule has 0 radical (unpaired) electrons. The number of thiophene rings is 1. The molecular weight excluding hydrogens is 208 g/mol. The summed E-state index contributed by atoms with van der Waals surface area (Å²) in [5.74, 6) is 0.198. The van der Waals surface area contributed by atoms with E-state index in [1.54, 1.807) is 18.3 Å². The molecule has 0 atom stereocenters. The number of nitrogens with zero attached hydrogens (tertiary/aromatic N) is 1. The summed E-state index contributed by atoms with van der Waals surface area (Å²) < 4.78 is 0. The molecule has 15 heavy (non-hydrogen) atoms. The van der Waals surface area contributed by atoms with E-state index in [1.165, 1.54) is 5.69 Å². The van der Waals surface area contributed by atoms with Crippen molar-refractivity contribution in [3.63, 3.8) is 0 Å². The summed E-state index contributed by atoms with van der Waals surface area (Å²) in [4.78, 5) is 13.1. The van der Waals surface area contributed by atoms with Crippen molar-refractivity contribution < 1.29 is 4.79 Å². The monoisotopic (exact) mass is 224 g/mol. The van der Waals surface area contributed by atoms with Crippen molar-refractivity contribution in [2.75, 3.05) is 18.4 Å². The molecule has 2 heterocycles. The Bertz CT molecular complexity index is 315. The number of likely N-dealkylation sites (tertiary alicyclic amines) is 1. The van der Waals surface area contributed by atoms with Crippen LogP contribution in [0.1, 0.15) is 19.8 Å². The van der Waals surface area contributed by atoms with Crippen LogP contribution in [0, 0.1) is 0 Å². The third-order valence-corrected chi connectivity index (χ3v) is 3.52. The highest BCUT2D eigenvalue weighted by Crippen LogP contribution is 2.18. The van der Waals surface area contributed by atoms with Crippen molar-refractivity contribution >= 4 is 22.9 Å². The molecule has 0 saturated carbocycles. The second kappa shape index (κ2) is 4.66. The van der Waals surface area contributed by atoms with Crippen LogP contribution in [-0.4, -0.2) is 29.9 Å². The van der Waals surface area contributed by atoms with Gasteiger partial charge in [-0.2, -0.15) is 11.3 Å². The van der Waals surface area contributed by atoms with Gasteiger partial charge in [-0.05, 0) is 24.3 Å². The number of nitrogens with one attached hydrogen (secondary N) is 1. The Balaban J connectivity index is 1.81. The molecule has 1 aliphatic rings. The van der Waals surface area contributed by atoms with Gasteiger partial charge < -0.3 is 10.2 Å². The van der Waals surface area contributed by atoms with Crippen LogP contribution in [0.2, 0.25) is 0 Å². The predicted molar refractivity (Wildman–Crippen MR) is 63.2 cm³/mol. The highest BCUT2D eigenvalue weighted by molar-refractivity contribution is 7.08. The average molecular weight is 224 g/mol. The van der Waals surface area contributed by atoms with Crippen LogP contribution in [0.15, 0.2) is 16.8 Å². The molecule has 2 rings (SSSR count). The number of carbonyl (C=O) groups excluding carboxylic acids is 1. The standard InChI is InChI=1S/C11H16N2OS/c1-9(14)13-5-2-10(3-6-13)12-11-4-7-15-8-11/h4,7-8,10,12H,2-3,5-6H2,1H3. The van der Waals surface area contributed by atoms with Crippen molar-refractivity contribution in [2.45, 2.75) is 25.8 Å². The molecule has 1 aliphatic heterocycles. The summed E-state index contributed by atoms with van der Waals surface area (Å²) in [6.45, 7) is 3.42. The predicted octanol–water partition coefficient (Wildman–Crippen LogP) is 2.17. The summed E-state index contributed by atoms with van der Waals surface area (Å²) in [7, 11) is 0. The fourth-order valence-corrected chi connectivity index (χ4v) is 2.52. The molecule has 0 aliphatic carbocycles. The normalized spacial score (nSPS) is 17.8. The minimum Gasteiger partial charge on any atom is -0.382 e. The average Bonchev–Trinajstić information content (AvgIpc) is 2.71. The number of hydrogen-bond acceptors (Lipinski definition) is 3. The van der Waals surface area contributed by atoms with E-state index < -0.39 is 0 Å². The molecule has 3 nitrogen and oxygen atoms in total. The van der Waals surface area contributed by atoms with Gasteiger partial charge in [-0.1, -0.05) is 0 Å². The Morgan fingerprint density at radius 1 is 1.53 bits per heavy atom. The van der Waals surface area contributed by atoms with Crippen LogP contribution in [-0.2, 0) is 4.79 Å². The van der Waals surface area contributed by atoms with Gasteiger partial charge >= 0.3 is 0 Å². The van der Waals surface area contributed by atoms with E-state index in [0.717, 1.165) is 25.9 Å². The molecular formula is C11H16N2OS. The van der Waals surface area contributed by atoms with Crippen LogP contribution in [0.3, 0.4) is 0 Å². The van der Waals surface area contributed by atoms with E-state index in [9.17, 15) is 4.79 Å². The smallest absolute Gasteiger partial charge is 0.219 e. The molecule has 0 bridgehead atoms. The van der Waals surface area contributed by atoms with E-state index in [1.807, 2.05) is 4.90 Å². The Labute approximate surface area is 94.1 Å². The van der Waals surface area contributed by atoms with Crippen LogP contribution in [0.4, 0.5) is 5.69 Å². The lowest BCUT2D eigenvalue weighted by atomic mass is 10.0. The van der Waals surface area contributed by atoms with Gasteiger partial charge in [-0.3, -0.25) is 4.79 Å². The lowest BCUT2D eigenvalue weighted by molar-refractivity contribution is -0.129. The van der Waals surface area contributed by atoms with Gasteiger partial charge in [-0.25, -0.2) is 0 Å². The van der Waals surface area contributed by atoms with Crippen molar-refractivity contribution in [1.29, 1.82) is 0 Å². The zero-order valence-corrected chi connectivity index (χ0v) is 9.72. The maximum Gasteiger partial charge on any atom is 0.219 e. The van der Waals surface area contributed by atoms with Crippen molar-refractivity contribution in [3.05, 3.63) is 16.8 Å². The van der Waals surface area contributed by atoms with Gasteiger partial charge in [0.05, 0.1) is 0 Å². The summed E-state index contributed by atoms with van der Waals surface area (Å²) in [6, 6.07) is 2.62. The Morgan fingerprint density at radius 2 is 2.27 bits per heavy atom. The molecule has 1 fully saturated rings. The second-order valence-electron chi connectivity index (χ2n) is 3.94. The van der Waals surface area contributed by atoms with E-state index >= 15 is 0 Å². The minimum atomic E-state index is 0.198. The van der Waals surface area contributed by atoms with Crippen LogP contribution in [0.5, 0.6) is 0 Å². The maximum atomic E-state index is 11.1. The maximum absolute atomic E-state index is 11.1. The third kappa shape index (κ3) is 2.72. The number of carbonyl (C=O) groups is 1. The SMILES string of the molecule is CC(=O)N1CCC(Nc2ccsc2)CC1. The zero-order chi connectivity index (χ0) is 10.7. The Hall–Kier alpha value is -1.03. The first-order chi connectivity index (χ1) is 7.25. The first-order valence-corrected chi connectivity index (χ1v) is 6.24. The lowest BCUT2D eigenvalue weighted by Crippen LogP contribution is -2.41. The van der Waals surface area contributed by atoms with E-state index in [4.69, 9.17) is 0 Å². The molecule has 1 aromatic rings. The number of anilines is 1. The molecule has 1 saturated heterocycles. The van der Waals surface area contributed by atoms with Crippen molar-refractivity contribution in [1.82, 2.24) is 4.90 Å². The molecule has 0 unspecified atom stereocenters. The van der Waals surface area contributed by atoms with Crippen molar-refractivity contribution in [3.8, 4) is 0 Å². The van der Waals surface area contributed by atoms with E-state index in [2.05, 4.69) is 22.1 Å². The largest absolute Gasteiger partial charge is 0.382 e. The topological polar surface area (TPSA) is 32.3 Å². The fraction of sp³-hybridized carbons (Fsp3) is 0.545. The van der Waals surface area contributed by atoms with Gasteiger partial charge in [0.1, 0.15) is 0 Å². The second-order valence-corrected chi connectivity index (χ2v) is 4.72. The Kier molecular flexibility index (Phi) is 3.26. The number of rotatable bonds is 2. The zero-order valence-electron chi connectivity index (χ0n) is 8.90. The first-order valence-electron chi connectivity index (χ1n) is 5.30. The van der Waals surface area contributed by atoms with Crippen LogP contribution < -0.4 is 5.32 Å². The van der Waals surface area contributed by atoms with E-state index in [0.29, 0.717) is 6.04 Å². The highest BCUT2D eigenvalue weighted by atomic mass is 32.1. The summed E-state index contributed by atoms with van der Waals surface area (Å²) in [5.41, 5.74) is 1.21. The van der Waals surface area contributed by atoms with Gasteiger partial charge in [-0.15, -0.1) is 0 Å². The van der Waals surface area contributed by atoms with Crippen LogP contribution >= 0.6 is 11.3 Å². The number of piperidine rings is 1. The minimum absolute atomic E-state index is 0.198. The van der Waals surface area contributed by atoms with Crippen LogP contribution in [0.25, 0.3) is 0 Å². The molecule has 1 N–H and O–H groups in total. The van der Waals surface area contributed by atoms with Crippen molar-refractivity contribution in [2.24, 2.45) is 0 Å². The Morgan fingerprint density at radius 3 is 2.80 bits per heavy atom. The summed E-state index contributed by atoms with van der Waals surface area (Å²) in [5, 5.41) is 7.69. The fourth-order valence-electron chi connectivity index (χ4n) is 1.92. The first kappa shape index (κ1) is 10.5. The summed E-state index contributed by atoms with van der Waals surface area (Å²) in [6.07, 6.45) is 2.10. The molecule has 0 spiro atoms. The number of amides is 1. The molecule has 0 aromatic carbocycles. The molecule has 1 amide bonds. The van der Waals surface area contributed by atoms with Gasteiger partial charge in [0.15, 0.2) is 0 Å². The molecule has 82 valence electrons. The van der Waals surface area contributed by atoms with Gasteiger partial charge in [0.25, 0.3) is 0 Å². The quantitative estimate of drug-likeness (QED) is 0.835. The van der Waals surface area contributed by atoms with E-state index in [-0.39, 0.29) is 5.91 Å². The number of hydrogen-bond donors (Lipinski definition) is 1. The lowest BCUT2D eigenvalue weighted by Gasteiger charge is -2.31. The molecule has 4 heteroatoms. The highest BCUT2D eigenvalue weighted by Gasteiger charge is 2.20. The molecule has 1 aromatic heterocycles. The van der Waals surface area contributed by atoms with Gasteiger partial charge in [0, 0.05) is 37.1 Å². The summed E-state index contributed by atoms with van der Waals surface area (Å²) >= 11 is 1.71. The third-order valence-electron chi connectivity index (χ3n) is 2.83.